The fraction of sp³-hybridized carbons (Fsp3) is 0.867. The smallest absolute Gasteiger partial charge is 0.224 e. The van der Waals surface area contributed by atoms with Gasteiger partial charge in [-0.25, -0.2) is 0 Å². The van der Waals surface area contributed by atoms with Gasteiger partial charge in [-0.1, -0.05) is 6.92 Å². The quantitative estimate of drug-likeness (QED) is 0.816. The maximum atomic E-state index is 12.4. The van der Waals surface area contributed by atoms with Crippen LogP contribution in [0.25, 0.3) is 0 Å². The minimum absolute atomic E-state index is 0.113. The summed E-state index contributed by atoms with van der Waals surface area (Å²) >= 11 is 0. The zero-order chi connectivity index (χ0) is 14.5. The van der Waals surface area contributed by atoms with Crippen molar-refractivity contribution in [2.75, 3.05) is 32.7 Å². The fourth-order valence-corrected chi connectivity index (χ4v) is 3.19. The van der Waals surface area contributed by atoms with E-state index < -0.39 is 0 Å². The van der Waals surface area contributed by atoms with Crippen LogP contribution in [0, 0.1) is 5.92 Å². The predicted molar refractivity (Wildman–Crippen MR) is 78.3 cm³/mol. The number of carbonyl (C=O) groups excluding carboxylic acids is 2. The monoisotopic (exact) mass is 281 g/mol. The highest BCUT2D eigenvalue weighted by molar-refractivity contribution is 5.77. The largest absolute Gasteiger partial charge is 0.341 e. The van der Waals surface area contributed by atoms with Crippen LogP contribution in [0.3, 0.4) is 0 Å². The molecule has 5 nitrogen and oxygen atoms in total. The van der Waals surface area contributed by atoms with E-state index in [1.807, 2.05) is 9.80 Å². The van der Waals surface area contributed by atoms with Gasteiger partial charge >= 0.3 is 0 Å². The van der Waals surface area contributed by atoms with E-state index in [1.165, 1.54) is 12.8 Å². The van der Waals surface area contributed by atoms with Crippen molar-refractivity contribution in [1.29, 1.82) is 0 Å². The number of rotatable bonds is 2. The molecule has 1 N–H and O–H groups in total. The Labute approximate surface area is 121 Å². The molecule has 2 aliphatic rings. The Morgan fingerprint density at radius 2 is 1.80 bits per heavy atom. The summed E-state index contributed by atoms with van der Waals surface area (Å²) in [4.78, 5) is 27.6. The molecule has 2 fully saturated rings. The Hall–Kier alpha value is -1.10. The first-order valence-corrected chi connectivity index (χ1v) is 7.84. The first kappa shape index (κ1) is 15.3. The third-order valence-electron chi connectivity index (χ3n) is 4.62. The second-order valence-electron chi connectivity index (χ2n) is 6.12. The average Bonchev–Trinajstić information content (AvgIpc) is 2.67. The van der Waals surface area contributed by atoms with Gasteiger partial charge in [0.1, 0.15) is 0 Å². The molecule has 2 aliphatic heterocycles. The zero-order valence-electron chi connectivity index (χ0n) is 12.7. The first-order valence-electron chi connectivity index (χ1n) is 7.84. The minimum atomic E-state index is 0.113. The van der Waals surface area contributed by atoms with E-state index in [2.05, 4.69) is 12.2 Å². The van der Waals surface area contributed by atoms with E-state index in [4.69, 9.17) is 0 Å². The molecule has 2 heterocycles. The molecule has 2 atom stereocenters. The molecule has 20 heavy (non-hydrogen) atoms. The molecule has 0 saturated carbocycles. The number of amides is 2. The summed E-state index contributed by atoms with van der Waals surface area (Å²) in [5, 5.41) is 3.47. The molecule has 0 radical (unpaired) electrons. The van der Waals surface area contributed by atoms with E-state index >= 15 is 0 Å². The summed E-state index contributed by atoms with van der Waals surface area (Å²) in [6.07, 6.45) is 3.91. The van der Waals surface area contributed by atoms with Gasteiger partial charge in [0, 0.05) is 45.6 Å². The SMILES string of the molecule is CC(=O)N1CCCN(C(=O)CC2NCCCC2C)CC1. The lowest BCUT2D eigenvalue weighted by Crippen LogP contribution is -2.45. The zero-order valence-corrected chi connectivity index (χ0v) is 12.7. The first-order chi connectivity index (χ1) is 9.58. The molecular formula is C15H27N3O2. The summed E-state index contributed by atoms with van der Waals surface area (Å²) in [6.45, 7) is 7.77. The van der Waals surface area contributed by atoms with Crippen LogP contribution < -0.4 is 5.32 Å². The lowest BCUT2D eigenvalue weighted by molar-refractivity contribution is -0.133. The summed E-state index contributed by atoms with van der Waals surface area (Å²) in [6, 6.07) is 0.323. The van der Waals surface area contributed by atoms with Crippen LogP contribution >= 0.6 is 0 Å². The predicted octanol–water partition coefficient (Wildman–Crippen LogP) is 0.845. The Kier molecular flexibility index (Phi) is 5.40. The van der Waals surface area contributed by atoms with Crippen molar-refractivity contribution in [2.45, 2.75) is 45.6 Å². The van der Waals surface area contributed by atoms with Crippen molar-refractivity contribution >= 4 is 11.8 Å². The summed E-state index contributed by atoms with van der Waals surface area (Å²) < 4.78 is 0. The number of nitrogens with one attached hydrogen (secondary N) is 1. The Balaban J connectivity index is 1.84. The lowest BCUT2D eigenvalue weighted by Gasteiger charge is -2.31. The van der Waals surface area contributed by atoms with Crippen LogP contribution in [-0.2, 0) is 9.59 Å². The van der Waals surface area contributed by atoms with Crippen molar-refractivity contribution in [3.63, 3.8) is 0 Å². The van der Waals surface area contributed by atoms with E-state index in [9.17, 15) is 9.59 Å². The molecule has 0 aliphatic carbocycles. The van der Waals surface area contributed by atoms with Crippen LogP contribution in [0.15, 0.2) is 0 Å². The van der Waals surface area contributed by atoms with E-state index in [1.54, 1.807) is 6.92 Å². The molecule has 0 aromatic carbocycles. The average molecular weight is 281 g/mol. The molecule has 2 unspecified atom stereocenters. The van der Waals surface area contributed by atoms with Gasteiger partial charge in [0.15, 0.2) is 0 Å². The topological polar surface area (TPSA) is 52.7 Å². The summed E-state index contributed by atoms with van der Waals surface area (Å²) in [5.74, 6) is 0.928. The molecule has 0 aromatic heterocycles. The van der Waals surface area contributed by atoms with E-state index in [0.29, 0.717) is 31.5 Å². The highest BCUT2D eigenvalue weighted by Gasteiger charge is 2.26. The van der Waals surface area contributed by atoms with E-state index in [0.717, 1.165) is 26.1 Å². The molecule has 114 valence electrons. The van der Waals surface area contributed by atoms with Gasteiger partial charge < -0.3 is 15.1 Å². The van der Waals surface area contributed by atoms with Gasteiger partial charge in [-0.05, 0) is 31.7 Å². The molecule has 0 spiro atoms. The van der Waals surface area contributed by atoms with E-state index in [-0.39, 0.29) is 11.8 Å². The second-order valence-corrected chi connectivity index (χ2v) is 6.12. The summed E-state index contributed by atoms with van der Waals surface area (Å²) in [7, 11) is 0. The van der Waals surface area contributed by atoms with Gasteiger partial charge in [-0.3, -0.25) is 9.59 Å². The van der Waals surface area contributed by atoms with Crippen LogP contribution in [0.4, 0.5) is 0 Å². The Bertz CT molecular complexity index is 359. The Morgan fingerprint density at radius 1 is 1.10 bits per heavy atom. The van der Waals surface area contributed by atoms with Gasteiger partial charge in [0.25, 0.3) is 0 Å². The van der Waals surface area contributed by atoms with Crippen molar-refractivity contribution in [3.05, 3.63) is 0 Å². The maximum Gasteiger partial charge on any atom is 0.224 e. The fourth-order valence-electron chi connectivity index (χ4n) is 3.19. The number of nitrogens with zero attached hydrogens (tertiary/aromatic N) is 2. The third kappa shape index (κ3) is 3.95. The highest BCUT2D eigenvalue weighted by atomic mass is 16.2. The molecule has 2 rings (SSSR count). The van der Waals surface area contributed by atoms with Crippen molar-refractivity contribution < 1.29 is 9.59 Å². The third-order valence-corrected chi connectivity index (χ3v) is 4.62. The van der Waals surface area contributed by atoms with Crippen molar-refractivity contribution in [1.82, 2.24) is 15.1 Å². The Morgan fingerprint density at radius 3 is 2.50 bits per heavy atom. The molecular weight excluding hydrogens is 254 g/mol. The molecule has 0 aromatic rings. The molecule has 5 heteroatoms. The summed E-state index contributed by atoms with van der Waals surface area (Å²) in [5.41, 5.74) is 0. The van der Waals surface area contributed by atoms with Gasteiger partial charge in [0.05, 0.1) is 0 Å². The highest BCUT2D eigenvalue weighted by Crippen LogP contribution is 2.19. The van der Waals surface area contributed by atoms with Crippen LogP contribution in [0.1, 0.15) is 39.5 Å². The second kappa shape index (κ2) is 7.07. The molecule has 0 bridgehead atoms. The van der Waals surface area contributed by atoms with Crippen molar-refractivity contribution in [2.24, 2.45) is 5.92 Å². The number of hydrogen-bond donors (Lipinski definition) is 1. The molecule has 2 saturated heterocycles. The minimum Gasteiger partial charge on any atom is -0.341 e. The number of hydrogen-bond acceptors (Lipinski definition) is 3. The number of carbonyl (C=O) groups is 2. The van der Waals surface area contributed by atoms with Crippen LogP contribution in [0.5, 0.6) is 0 Å². The standard InChI is InChI=1S/C15H27N3O2/c1-12-5-3-6-16-14(12)11-15(20)18-8-4-7-17(9-10-18)13(2)19/h12,14,16H,3-11H2,1-2H3. The molecule has 2 amide bonds. The maximum absolute atomic E-state index is 12.4. The van der Waals surface area contributed by atoms with Gasteiger partial charge in [-0.15, -0.1) is 0 Å². The lowest BCUT2D eigenvalue weighted by atomic mass is 9.90. The van der Waals surface area contributed by atoms with Gasteiger partial charge in [-0.2, -0.15) is 0 Å². The normalized spacial score (nSPS) is 28.1. The van der Waals surface area contributed by atoms with Crippen LogP contribution in [0.2, 0.25) is 0 Å². The van der Waals surface area contributed by atoms with Gasteiger partial charge in [0.2, 0.25) is 11.8 Å². The van der Waals surface area contributed by atoms with Crippen LogP contribution in [-0.4, -0.2) is 60.4 Å². The van der Waals surface area contributed by atoms with Crippen molar-refractivity contribution in [3.8, 4) is 0 Å². The number of piperidine rings is 1.